The van der Waals surface area contributed by atoms with E-state index in [1.807, 2.05) is 0 Å². The lowest BCUT2D eigenvalue weighted by Gasteiger charge is -2.52. The van der Waals surface area contributed by atoms with Gasteiger partial charge in [-0.25, -0.2) is 0 Å². The van der Waals surface area contributed by atoms with Crippen LogP contribution in [0.5, 0.6) is 0 Å². The highest BCUT2D eigenvalue weighted by atomic mass is 35.5. The van der Waals surface area contributed by atoms with E-state index in [2.05, 4.69) is 61.8 Å². The summed E-state index contributed by atoms with van der Waals surface area (Å²) < 4.78 is 0. The molecule has 31 heavy (non-hydrogen) atoms. The van der Waals surface area contributed by atoms with E-state index in [1.54, 1.807) is 0 Å². The first-order valence-corrected chi connectivity index (χ1v) is 13.7. The molecular formula is C28H47ClN2. The van der Waals surface area contributed by atoms with Gasteiger partial charge in [0, 0.05) is 23.1 Å². The molecule has 0 N–H and O–H groups in total. The van der Waals surface area contributed by atoms with Crippen molar-refractivity contribution in [1.82, 2.24) is 9.80 Å². The molecule has 0 bridgehead atoms. The van der Waals surface area contributed by atoms with Crippen molar-refractivity contribution in [2.45, 2.75) is 103 Å². The van der Waals surface area contributed by atoms with Gasteiger partial charge in [0.05, 0.1) is 0 Å². The molecule has 4 unspecified atom stereocenters. The highest BCUT2D eigenvalue weighted by molar-refractivity contribution is 6.30. The topological polar surface area (TPSA) is 6.48 Å². The van der Waals surface area contributed by atoms with Gasteiger partial charge in [0.1, 0.15) is 0 Å². The fraction of sp³-hybridized carbons (Fsp3) is 0.786. The Labute approximate surface area is 197 Å². The van der Waals surface area contributed by atoms with Crippen LogP contribution in [0.15, 0.2) is 24.3 Å². The zero-order valence-corrected chi connectivity index (χ0v) is 21.5. The quantitative estimate of drug-likeness (QED) is 0.342. The summed E-state index contributed by atoms with van der Waals surface area (Å²) in [7, 11) is 0. The fourth-order valence-corrected chi connectivity index (χ4v) is 6.65. The molecule has 1 aliphatic heterocycles. The van der Waals surface area contributed by atoms with Gasteiger partial charge in [0.25, 0.3) is 0 Å². The molecule has 1 saturated heterocycles. The van der Waals surface area contributed by atoms with E-state index in [4.69, 9.17) is 11.6 Å². The lowest BCUT2D eigenvalue weighted by molar-refractivity contribution is -0.00920. The third-order valence-electron chi connectivity index (χ3n) is 8.20. The number of rotatable bonds is 11. The Balaban J connectivity index is 1.83. The summed E-state index contributed by atoms with van der Waals surface area (Å²) in [6, 6.07) is 9.65. The van der Waals surface area contributed by atoms with Crippen LogP contribution in [0.1, 0.15) is 97.5 Å². The molecule has 2 fully saturated rings. The molecule has 0 aromatic heterocycles. The Morgan fingerprint density at radius 1 is 1.00 bits per heavy atom. The molecule has 0 amide bonds. The van der Waals surface area contributed by atoms with E-state index in [-0.39, 0.29) is 5.54 Å². The zero-order valence-electron chi connectivity index (χ0n) is 20.7. The number of nitrogens with zero attached hydrogens (tertiary/aromatic N) is 2. The van der Waals surface area contributed by atoms with Gasteiger partial charge in [0.15, 0.2) is 0 Å². The van der Waals surface area contributed by atoms with Crippen LogP contribution in [0.25, 0.3) is 0 Å². The van der Waals surface area contributed by atoms with Crippen LogP contribution in [0.3, 0.4) is 0 Å². The largest absolute Gasteiger partial charge is 0.300 e. The Hall–Kier alpha value is -0.570. The van der Waals surface area contributed by atoms with Crippen molar-refractivity contribution in [2.24, 2.45) is 11.8 Å². The molecule has 1 aliphatic carbocycles. The smallest absolute Gasteiger partial charge is 0.0464 e. The Morgan fingerprint density at radius 3 is 2.26 bits per heavy atom. The van der Waals surface area contributed by atoms with E-state index in [1.165, 1.54) is 96.0 Å². The summed E-state index contributed by atoms with van der Waals surface area (Å²) in [6.45, 7) is 14.6. The minimum Gasteiger partial charge on any atom is -0.300 e. The number of benzene rings is 1. The number of likely N-dealkylation sites (tertiary alicyclic amines) is 1. The molecule has 3 rings (SSSR count). The fourth-order valence-electron chi connectivity index (χ4n) is 6.52. The first-order chi connectivity index (χ1) is 15.0. The lowest BCUT2D eigenvalue weighted by atomic mass is 9.68. The van der Waals surface area contributed by atoms with Gasteiger partial charge < -0.3 is 0 Å². The van der Waals surface area contributed by atoms with Crippen molar-refractivity contribution in [1.29, 1.82) is 0 Å². The molecule has 1 heterocycles. The van der Waals surface area contributed by atoms with Crippen LogP contribution in [-0.2, 0) is 5.54 Å². The highest BCUT2D eigenvalue weighted by Crippen LogP contribution is 2.47. The van der Waals surface area contributed by atoms with E-state index < -0.39 is 0 Å². The van der Waals surface area contributed by atoms with Gasteiger partial charge in [-0.05, 0) is 94.1 Å². The highest BCUT2D eigenvalue weighted by Gasteiger charge is 2.46. The maximum absolute atomic E-state index is 6.30. The molecule has 1 aromatic carbocycles. The van der Waals surface area contributed by atoms with Crippen LogP contribution in [0, 0.1) is 11.8 Å². The molecule has 1 saturated carbocycles. The summed E-state index contributed by atoms with van der Waals surface area (Å²) >= 11 is 6.30. The van der Waals surface area contributed by atoms with Crippen molar-refractivity contribution in [3.05, 3.63) is 34.9 Å². The first-order valence-electron chi connectivity index (χ1n) is 13.3. The number of halogens is 1. The lowest BCUT2D eigenvalue weighted by Crippen LogP contribution is -2.54. The summed E-state index contributed by atoms with van der Waals surface area (Å²) in [4.78, 5) is 5.74. The Bertz CT molecular complexity index is 637. The minimum atomic E-state index is 0.174. The van der Waals surface area contributed by atoms with E-state index in [0.717, 1.165) is 22.9 Å². The number of hydrogen-bond acceptors (Lipinski definition) is 2. The van der Waals surface area contributed by atoms with Gasteiger partial charge in [-0.1, -0.05) is 70.7 Å². The Kier molecular flexibility index (Phi) is 9.74. The molecular weight excluding hydrogens is 400 g/mol. The zero-order chi connectivity index (χ0) is 22.3. The Morgan fingerprint density at radius 2 is 1.68 bits per heavy atom. The SMILES string of the molecule is CCCCN(CCCC)C1(c2ccc(Cl)cc2)CCC(N2CCC(CCC)C2)C(C)C1. The molecule has 1 aromatic rings. The molecule has 2 nitrogen and oxygen atoms in total. The van der Waals surface area contributed by atoms with Gasteiger partial charge in [-0.15, -0.1) is 0 Å². The predicted molar refractivity (Wildman–Crippen MR) is 136 cm³/mol. The van der Waals surface area contributed by atoms with Crippen LogP contribution >= 0.6 is 11.6 Å². The predicted octanol–water partition coefficient (Wildman–Crippen LogP) is 7.75. The second kappa shape index (κ2) is 12.1. The molecule has 176 valence electrons. The van der Waals surface area contributed by atoms with Crippen LogP contribution < -0.4 is 0 Å². The molecule has 0 spiro atoms. The minimum absolute atomic E-state index is 0.174. The van der Waals surface area contributed by atoms with Crippen molar-refractivity contribution in [3.63, 3.8) is 0 Å². The second-order valence-electron chi connectivity index (χ2n) is 10.5. The maximum atomic E-state index is 6.30. The summed E-state index contributed by atoms with van der Waals surface area (Å²) in [5.74, 6) is 1.67. The van der Waals surface area contributed by atoms with Crippen LogP contribution in [0.4, 0.5) is 0 Å². The normalized spacial score (nSPS) is 29.7. The van der Waals surface area contributed by atoms with E-state index in [9.17, 15) is 0 Å². The second-order valence-corrected chi connectivity index (χ2v) is 10.9. The van der Waals surface area contributed by atoms with Crippen molar-refractivity contribution < 1.29 is 0 Å². The number of unbranched alkanes of at least 4 members (excludes halogenated alkanes) is 2. The van der Waals surface area contributed by atoms with E-state index in [0.29, 0.717) is 0 Å². The summed E-state index contributed by atoms with van der Waals surface area (Å²) in [5, 5.41) is 0.855. The first kappa shape index (κ1) is 25.1. The van der Waals surface area contributed by atoms with Crippen molar-refractivity contribution in [3.8, 4) is 0 Å². The van der Waals surface area contributed by atoms with Gasteiger partial charge in [-0.2, -0.15) is 0 Å². The van der Waals surface area contributed by atoms with Crippen LogP contribution in [0.2, 0.25) is 5.02 Å². The van der Waals surface area contributed by atoms with Crippen LogP contribution in [-0.4, -0.2) is 42.0 Å². The maximum Gasteiger partial charge on any atom is 0.0464 e. The summed E-state index contributed by atoms with van der Waals surface area (Å²) in [5.41, 5.74) is 1.67. The average molecular weight is 447 g/mol. The molecule has 2 aliphatic rings. The third kappa shape index (κ3) is 6.06. The van der Waals surface area contributed by atoms with Crippen molar-refractivity contribution in [2.75, 3.05) is 26.2 Å². The van der Waals surface area contributed by atoms with Gasteiger partial charge >= 0.3 is 0 Å². The van der Waals surface area contributed by atoms with Gasteiger partial charge in [0.2, 0.25) is 0 Å². The van der Waals surface area contributed by atoms with Gasteiger partial charge in [-0.3, -0.25) is 9.80 Å². The molecule has 0 radical (unpaired) electrons. The molecule has 4 atom stereocenters. The van der Waals surface area contributed by atoms with Crippen molar-refractivity contribution >= 4 is 11.6 Å². The standard InChI is InChI=1S/C28H47ClN2/c1-5-8-18-31(19-9-6-2)28(25-11-13-26(29)14-12-25)17-15-27(23(4)21-28)30-20-16-24(22-30)10-7-3/h11-14,23-24,27H,5-10,15-22H2,1-4H3. The average Bonchev–Trinajstić information content (AvgIpc) is 3.22. The summed E-state index contributed by atoms with van der Waals surface area (Å²) in [6.07, 6.45) is 13.2. The van der Waals surface area contributed by atoms with E-state index >= 15 is 0 Å². The number of hydrogen-bond donors (Lipinski definition) is 0. The third-order valence-corrected chi connectivity index (χ3v) is 8.46. The monoisotopic (exact) mass is 446 g/mol. The molecule has 3 heteroatoms.